The summed E-state index contributed by atoms with van der Waals surface area (Å²) in [5.74, 6) is -0.525. The molecule has 0 aliphatic heterocycles. The molecule has 0 aliphatic carbocycles. The smallest absolute Gasteiger partial charge is 0.411 e. The first-order chi connectivity index (χ1) is 11.5. The monoisotopic (exact) mass is 350 g/mol. The number of amides is 1. The number of anilines is 1. The Bertz CT molecular complexity index is 781. The Hall–Kier alpha value is -2.61. The third kappa shape index (κ3) is 4.69. The Balaban J connectivity index is 1.92. The second-order valence-corrected chi connectivity index (χ2v) is 5.68. The molecule has 1 N–H and O–H groups in total. The van der Waals surface area contributed by atoms with Crippen LogP contribution in [0.25, 0.3) is 0 Å². The van der Waals surface area contributed by atoms with E-state index in [9.17, 15) is 14.4 Å². The molecule has 0 radical (unpaired) electrons. The highest BCUT2D eigenvalue weighted by molar-refractivity contribution is 7.07. The van der Waals surface area contributed by atoms with Crippen molar-refractivity contribution in [2.24, 2.45) is 0 Å². The Kier molecular flexibility index (Phi) is 6.14. The Labute approximate surface area is 142 Å². The van der Waals surface area contributed by atoms with Gasteiger partial charge in [0.1, 0.15) is 6.61 Å². The van der Waals surface area contributed by atoms with E-state index in [1.807, 2.05) is 6.92 Å². The summed E-state index contributed by atoms with van der Waals surface area (Å²) < 4.78 is 11.5. The molecule has 1 heterocycles. The summed E-state index contributed by atoms with van der Waals surface area (Å²) in [6.07, 6.45) is -0.588. The van der Waals surface area contributed by atoms with Gasteiger partial charge in [0.05, 0.1) is 18.7 Å². The molecule has 2 aromatic rings. The minimum atomic E-state index is -0.588. The number of carbonyl (C=O) groups is 2. The molecule has 2 rings (SSSR count). The van der Waals surface area contributed by atoms with Crippen molar-refractivity contribution in [3.05, 3.63) is 50.6 Å². The normalized spacial score (nSPS) is 10.2. The van der Waals surface area contributed by atoms with Gasteiger partial charge in [-0.25, -0.2) is 9.59 Å². The molecule has 0 saturated carbocycles. The predicted molar refractivity (Wildman–Crippen MR) is 90.7 cm³/mol. The van der Waals surface area contributed by atoms with E-state index >= 15 is 0 Å². The Morgan fingerprint density at radius 1 is 1.29 bits per heavy atom. The lowest BCUT2D eigenvalue weighted by Crippen LogP contribution is -2.19. The van der Waals surface area contributed by atoms with Crippen LogP contribution in [0.4, 0.5) is 10.5 Å². The van der Waals surface area contributed by atoms with E-state index in [4.69, 9.17) is 9.47 Å². The van der Waals surface area contributed by atoms with Crippen LogP contribution in [0, 0.1) is 6.92 Å². The van der Waals surface area contributed by atoms with Gasteiger partial charge in [0.2, 0.25) is 0 Å². The summed E-state index contributed by atoms with van der Waals surface area (Å²) in [5.41, 5.74) is 1.58. The van der Waals surface area contributed by atoms with Crippen LogP contribution in [0.3, 0.4) is 0 Å². The number of nitrogens with one attached hydrogen (secondary N) is 1. The zero-order valence-corrected chi connectivity index (χ0v) is 14.2. The lowest BCUT2D eigenvalue weighted by Gasteiger charge is -2.08. The molecule has 8 heteroatoms. The molecule has 0 aliphatic rings. The fourth-order valence-corrected chi connectivity index (χ4v) is 2.76. The van der Waals surface area contributed by atoms with Gasteiger partial charge in [-0.2, -0.15) is 0 Å². The molecule has 0 saturated heterocycles. The fraction of sp³-hybridized carbons (Fsp3) is 0.312. The lowest BCUT2D eigenvalue weighted by atomic mass is 10.2. The SMILES string of the molecule is CCOC(=O)Nc1cccc(C(=O)OCCn2c(C)csc2=O)c1. The number of nitrogens with zero attached hydrogens (tertiary/aromatic N) is 1. The summed E-state index contributed by atoms with van der Waals surface area (Å²) in [6.45, 7) is 4.18. The third-order valence-corrected chi connectivity index (χ3v) is 4.03. The van der Waals surface area contributed by atoms with Crippen LogP contribution in [0.15, 0.2) is 34.4 Å². The van der Waals surface area contributed by atoms with Crippen LogP contribution in [-0.4, -0.2) is 29.8 Å². The standard InChI is InChI=1S/C16H18N2O5S/c1-3-22-15(20)17-13-6-4-5-12(9-13)14(19)23-8-7-18-11(2)10-24-16(18)21/h4-6,9-10H,3,7-8H2,1-2H3,(H,17,20). The number of esters is 1. The Morgan fingerprint density at radius 2 is 2.08 bits per heavy atom. The molecule has 0 atom stereocenters. The minimum Gasteiger partial charge on any atom is -0.460 e. The van der Waals surface area contributed by atoms with E-state index < -0.39 is 12.1 Å². The average molecular weight is 350 g/mol. The molecule has 0 fully saturated rings. The van der Waals surface area contributed by atoms with E-state index in [0.717, 1.165) is 17.0 Å². The third-order valence-electron chi connectivity index (χ3n) is 3.14. The number of hydrogen-bond acceptors (Lipinski definition) is 6. The molecule has 0 spiro atoms. The molecule has 0 bridgehead atoms. The van der Waals surface area contributed by atoms with Crippen molar-refractivity contribution in [2.45, 2.75) is 20.4 Å². The van der Waals surface area contributed by atoms with Crippen LogP contribution in [0.2, 0.25) is 0 Å². The van der Waals surface area contributed by atoms with Gasteiger partial charge in [0, 0.05) is 16.8 Å². The lowest BCUT2D eigenvalue weighted by molar-refractivity contribution is 0.0490. The van der Waals surface area contributed by atoms with Gasteiger partial charge < -0.3 is 9.47 Å². The first kappa shape index (κ1) is 17.7. The van der Waals surface area contributed by atoms with Crippen LogP contribution in [0.5, 0.6) is 0 Å². The molecule has 7 nitrogen and oxygen atoms in total. The number of ether oxygens (including phenoxy) is 2. The van der Waals surface area contributed by atoms with E-state index in [1.165, 1.54) is 6.07 Å². The van der Waals surface area contributed by atoms with Crippen LogP contribution >= 0.6 is 11.3 Å². The summed E-state index contributed by atoms with van der Waals surface area (Å²) >= 11 is 1.11. The second-order valence-electron chi connectivity index (χ2n) is 4.86. The van der Waals surface area contributed by atoms with Crippen molar-refractivity contribution in [1.82, 2.24) is 4.57 Å². The van der Waals surface area contributed by atoms with E-state index in [-0.39, 0.29) is 18.1 Å². The zero-order valence-electron chi connectivity index (χ0n) is 13.4. The number of carbonyl (C=O) groups excluding carboxylic acids is 2. The first-order valence-electron chi connectivity index (χ1n) is 7.37. The van der Waals surface area contributed by atoms with Crippen molar-refractivity contribution >= 4 is 29.1 Å². The highest BCUT2D eigenvalue weighted by Crippen LogP contribution is 2.12. The van der Waals surface area contributed by atoms with E-state index in [2.05, 4.69) is 5.32 Å². The first-order valence-corrected chi connectivity index (χ1v) is 8.25. The van der Waals surface area contributed by atoms with Crippen molar-refractivity contribution in [3.8, 4) is 0 Å². The summed E-state index contributed by atoms with van der Waals surface area (Å²) in [7, 11) is 0. The van der Waals surface area contributed by atoms with Gasteiger partial charge in [-0.1, -0.05) is 17.4 Å². The number of hydrogen-bond donors (Lipinski definition) is 1. The molecular weight excluding hydrogens is 332 g/mol. The zero-order chi connectivity index (χ0) is 17.5. The minimum absolute atomic E-state index is 0.0795. The number of aryl methyl sites for hydroxylation is 1. The average Bonchev–Trinajstić information content (AvgIpc) is 2.87. The molecule has 1 aromatic carbocycles. The van der Waals surface area contributed by atoms with Gasteiger partial charge in [0.15, 0.2) is 0 Å². The molecule has 24 heavy (non-hydrogen) atoms. The largest absolute Gasteiger partial charge is 0.460 e. The maximum absolute atomic E-state index is 12.1. The highest BCUT2D eigenvalue weighted by Gasteiger charge is 2.10. The van der Waals surface area contributed by atoms with Crippen molar-refractivity contribution in [1.29, 1.82) is 0 Å². The number of rotatable bonds is 6. The summed E-state index contributed by atoms with van der Waals surface area (Å²) in [5, 5.41) is 4.28. The number of thiazole rings is 1. The Morgan fingerprint density at radius 3 is 2.75 bits per heavy atom. The number of benzene rings is 1. The van der Waals surface area contributed by atoms with E-state index in [1.54, 1.807) is 35.1 Å². The van der Waals surface area contributed by atoms with Crippen molar-refractivity contribution < 1.29 is 19.1 Å². The maximum atomic E-state index is 12.1. The molecule has 1 aromatic heterocycles. The molecule has 128 valence electrons. The van der Waals surface area contributed by atoms with Crippen LogP contribution in [0.1, 0.15) is 23.0 Å². The summed E-state index contributed by atoms with van der Waals surface area (Å²) in [4.78, 5) is 34.9. The van der Waals surface area contributed by atoms with Gasteiger partial charge in [-0.15, -0.1) is 0 Å². The number of aromatic nitrogens is 1. The van der Waals surface area contributed by atoms with Gasteiger partial charge in [0.25, 0.3) is 0 Å². The van der Waals surface area contributed by atoms with Crippen LogP contribution < -0.4 is 10.2 Å². The van der Waals surface area contributed by atoms with Crippen molar-refractivity contribution in [3.63, 3.8) is 0 Å². The fourth-order valence-electron chi connectivity index (χ4n) is 2.00. The quantitative estimate of drug-likeness (QED) is 0.809. The van der Waals surface area contributed by atoms with Crippen LogP contribution in [-0.2, 0) is 16.0 Å². The van der Waals surface area contributed by atoms with Crippen molar-refractivity contribution in [2.75, 3.05) is 18.5 Å². The van der Waals surface area contributed by atoms with Gasteiger partial charge in [-0.05, 0) is 32.0 Å². The van der Waals surface area contributed by atoms with Gasteiger partial charge >= 0.3 is 16.9 Å². The molecule has 1 amide bonds. The maximum Gasteiger partial charge on any atom is 0.411 e. The summed E-state index contributed by atoms with van der Waals surface area (Å²) in [6, 6.07) is 6.36. The second kappa shape index (κ2) is 8.30. The molecular formula is C16H18N2O5S. The predicted octanol–water partition coefficient (Wildman–Crippen LogP) is 2.64. The highest BCUT2D eigenvalue weighted by atomic mass is 32.1. The van der Waals surface area contributed by atoms with E-state index in [0.29, 0.717) is 17.8 Å². The van der Waals surface area contributed by atoms with Gasteiger partial charge in [-0.3, -0.25) is 14.7 Å². The topological polar surface area (TPSA) is 86.6 Å². The molecule has 0 unspecified atom stereocenters.